The van der Waals surface area contributed by atoms with Crippen LogP contribution in [0, 0.1) is 11.7 Å². The highest BCUT2D eigenvalue weighted by molar-refractivity contribution is 5.89. The van der Waals surface area contributed by atoms with Crippen LogP contribution in [0.25, 0.3) is 0 Å². The highest BCUT2D eigenvalue weighted by Gasteiger charge is 2.19. The van der Waals surface area contributed by atoms with Crippen LogP contribution in [0.4, 0.5) is 4.39 Å². The molecule has 1 aromatic carbocycles. The van der Waals surface area contributed by atoms with Gasteiger partial charge in [-0.1, -0.05) is 12.5 Å². The molecule has 1 fully saturated rings. The first-order chi connectivity index (χ1) is 9.10. The Balaban J connectivity index is 1.96. The highest BCUT2D eigenvalue weighted by atomic mass is 19.1. The van der Waals surface area contributed by atoms with E-state index >= 15 is 0 Å². The fourth-order valence-electron chi connectivity index (χ4n) is 2.42. The Bertz CT molecular complexity index is 457. The molecule has 0 saturated heterocycles. The Morgan fingerprint density at radius 3 is 2.74 bits per heavy atom. The van der Waals surface area contributed by atoms with Crippen molar-refractivity contribution in [3.63, 3.8) is 0 Å². The molecular formula is C15H20FNO2. The Morgan fingerprint density at radius 2 is 2.21 bits per heavy atom. The van der Waals surface area contributed by atoms with Crippen LogP contribution >= 0.6 is 0 Å². The maximum atomic E-state index is 13.8. The number of carbonyl (C=O) groups excluding carboxylic acids is 1. The molecule has 0 aromatic heterocycles. The minimum atomic E-state index is -0.633. The monoisotopic (exact) mass is 265 g/mol. The third-order valence-electron chi connectivity index (χ3n) is 3.69. The lowest BCUT2D eigenvalue weighted by molar-refractivity contribution is 0.0595. The van der Waals surface area contributed by atoms with E-state index in [1.807, 2.05) is 7.05 Å². The van der Waals surface area contributed by atoms with Crippen molar-refractivity contribution in [2.24, 2.45) is 5.92 Å². The number of hydrogen-bond donors (Lipinski definition) is 0. The summed E-state index contributed by atoms with van der Waals surface area (Å²) in [5.41, 5.74) is 0.875. The number of esters is 1. The smallest absolute Gasteiger partial charge is 0.340 e. The first-order valence-electron chi connectivity index (χ1n) is 6.65. The molecule has 2 rings (SSSR count). The molecule has 0 aliphatic heterocycles. The van der Waals surface area contributed by atoms with Gasteiger partial charge < -0.3 is 9.64 Å². The van der Waals surface area contributed by atoms with Crippen molar-refractivity contribution in [1.29, 1.82) is 0 Å². The summed E-state index contributed by atoms with van der Waals surface area (Å²) in [6.07, 6.45) is 3.95. The second kappa shape index (κ2) is 6.15. The first-order valence-corrected chi connectivity index (χ1v) is 6.65. The second-order valence-electron chi connectivity index (χ2n) is 5.30. The van der Waals surface area contributed by atoms with E-state index in [1.165, 1.54) is 38.5 Å². The van der Waals surface area contributed by atoms with Gasteiger partial charge in [0, 0.05) is 13.1 Å². The number of rotatable bonds is 5. The van der Waals surface area contributed by atoms with Crippen LogP contribution in [0.5, 0.6) is 0 Å². The van der Waals surface area contributed by atoms with Crippen molar-refractivity contribution in [1.82, 2.24) is 4.90 Å². The standard InChI is InChI=1S/C15H20FNO2/c1-17(9-11-4-3-5-11)10-12-6-7-13(14(16)8-12)15(18)19-2/h6-8,11H,3-5,9-10H2,1-2H3. The summed E-state index contributed by atoms with van der Waals surface area (Å²) in [5, 5.41) is 0. The van der Waals surface area contributed by atoms with Gasteiger partial charge in [0.05, 0.1) is 12.7 Å². The number of benzene rings is 1. The minimum absolute atomic E-state index is 0.00658. The molecule has 3 nitrogen and oxygen atoms in total. The van der Waals surface area contributed by atoms with E-state index in [-0.39, 0.29) is 5.56 Å². The van der Waals surface area contributed by atoms with Crippen LogP contribution in [-0.2, 0) is 11.3 Å². The van der Waals surface area contributed by atoms with Crippen LogP contribution < -0.4 is 0 Å². The number of nitrogens with zero attached hydrogens (tertiary/aromatic N) is 1. The van der Waals surface area contributed by atoms with E-state index in [9.17, 15) is 9.18 Å². The van der Waals surface area contributed by atoms with Crippen LogP contribution in [0.1, 0.15) is 35.2 Å². The van der Waals surface area contributed by atoms with Crippen molar-refractivity contribution < 1.29 is 13.9 Å². The molecule has 0 bridgehead atoms. The fourth-order valence-corrected chi connectivity index (χ4v) is 2.42. The summed E-state index contributed by atoms with van der Waals surface area (Å²) in [6.45, 7) is 1.76. The number of ether oxygens (including phenoxy) is 1. The number of hydrogen-bond acceptors (Lipinski definition) is 3. The zero-order valence-electron chi connectivity index (χ0n) is 11.5. The molecule has 0 radical (unpaired) electrons. The van der Waals surface area contributed by atoms with Crippen molar-refractivity contribution in [3.8, 4) is 0 Å². The van der Waals surface area contributed by atoms with Crippen molar-refractivity contribution in [3.05, 3.63) is 35.1 Å². The van der Waals surface area contributed by atoms with E-state index in [0.717, 1.165) is 18.0 Å². The minimum Gasteiger partial charge on any atom is -0.465 e. The van der Waals surface area contributed by atoms with Crippen molar-refractivity contribution >= 4 is 5.97 Å². The molecule has 1 aromatic rings. The van der Waals surface area contributed by atoms with Gasteiger partial charge >= 0.3 is 5.97 Å². The molecular weight excluding hydrogens is 245 g/mol. The number of methoxy groups -OCH3 is 1. The quantitative estimate of drug-likeness (QED) is 0.767. The van der Waals surface area contributed by atoms with E-state index in [2.05, 4.69) is 9.64 Å². The lowest BCUT2D eigenvalue weighted by Gasteiger charge is -2.30. The third-order valence-corrected chi connectivity index (χ3v) is 3.69. The molecule has 0 heterocycles. The molecule has 0 N–H and O–H groups in total. The predicted octanol–water partition coefficient (Wildman–Crippen LogP) is 2.84. The van der Waals surface area contributed by atoms with E-state index in [1.54, 1.807) is 6.07 Å². The Kier molecular flexibility index (Phi) is 4.53. The second-order valence-corrected chi connectivity index (χ2v) is 5.30. The summed E-state index contributed by atoms with van der Waals surface area (Å²) in [4.78, 5) is 13.5. The van der Waals surface area contributed by atoms with Crippen molar-refractivity contribution in [2.45, 2.75) is 25.8 Å². The average molecular weight is 265 g/mol. The predicted molar refractivity (Wildman–Crippen MR) is 71.4 cm³/mol. The van der Waals surface area contributed by atoms with Crippen LogP contribution in [0.3, 0.4) is 0 Å². The summed E-state index contributed by atoms with van der Waals surface area (Å²) < 4.78 is 18.3. The molecule has 19 heavy (non-hydrogen) atoms. The summed E-state index contributed by atoms with van der Waals surface area (Å²) in [6, 6.07) is 4.70. The van der Waals surface area contributed by atoms with E-state index in [4.69, 9.17) is 0 Å². The zero-order chi connectivity index (χ0) is 13.8. The van der Waals surface area contributed by atoms with Gasteiger partial charge in [-0.2, -0.15) is 0 Å². The topological polar surface area (TPSA) is 29.5 Å². The molecule has 0 unspecified atom stereocenters. The van der Waals surface area contributed by atoms with Gasteiger partial charge in [-0.15, -0.1) is 0 Å². The molecule has 0 spiro atoms. The molecule has 104 valence electrons. The van der Waals surface area contributed by atoms with Crippen LogP contribution in [-0.4, -0.2) is 31.6 Å². The Hall–Kier alpha value is -1.42. The van der Waals surface area contributed by atoms with Gasteiger partial charge in [-0.05, 0) is 43.5 Å². The number of carbonyl (C=O) groups is 1. The Morgan fingerprint density at radius 1 is 1.47 bits per heavy atom. The lowest BCUT2D eigenvalue weighted by atomic mass is 9.85. The summed E-state index contributed by atoms with van der Waals surface area (Å²) in [5.74, 6) is -0.350. The van der Waals surface area contributed by atoms with Gasteiger partial charge in [0.2, 0.25) is 0 Å². The van der Waals surface area contributed by atoms with Gasteiger partial charge in [-0.25, -0.2) is 9.18 Å². The Labute approximate surface area is 113 Å². The number of halogens is 1. The van der Waals surface area contributed by atoms with Crippen LogP contribution in [0.15, 0.2) is 18.2 Å². The third kappa shape index (κ3) is 3.53. The average Bonchev–Trinajstić information content (AvgIpc) is 2.33. The molecule has 1 saturated carbocycles. The molecule has 4 heteroatoms. The van der Waals surface area contributed by atoms with E-state index < -0.39 is 11.8 Å². The first kappa shape index (κ1) is 14.0. The van der Waals surface area contributed by atoms with Gasteiger partial charge in [0.15, 0.2) is 0 Å². The normalized spacial score (nSPS) is 15.4. The molecule has 0 amide bonds. The maximum Gasteiger partial charge on any atom is 0.340 e. The maximum absolute atomic E-state index is 13.8. The van der Waals surface area contributed by atoms with Crippen LogP contribution in [0.2, 0.25) is 0 Å². The summed E-state index contributed by atoms with van der Waals surface area (Å²) in [7, 11) is 3.30. The zero-order valence-corrected chi connectivity index (χ0v) is 11.5. The molecule has 1 aliphatic carbocycles. The lowest BCUT2D eigenvalue weighted by Crippen LogP contribution is -2.29. The molecule has 0 atom stereocenters. The van der Waals surface area contributed by atoms with Gasteiger partial charge in [0.25, 0.3) is 0 Å². The largest absolute Gasteiger partial charge is 0.465 e. The van der Waals surface area contributed by atoms with Gasteiger partial charge in [0.1, 0.15) is 5.82 Å². The SMILES string of the molecule is COC(=O)c1ccc(CN(C)CC2CCC2)cc1F. The summed E-state index contributed by atoms with van der Waals surface area (Å²) >= 11 is 0. The van der Waals surface area contributed by atoms with Crippen molar-refractivity contribution in [2.75, 3.05) is 20.7 Å². The fraction of sp³-hybridized carbons (Fsp3) is 0.533. The highest BCUT2D eigenvalue weighted by Crippen LogP contribution is 2.27. The van der Waals surface area contributed by atoms with Gasteiger partial charge in [-0.3, -0.25) is 0 Å². The molecule has 1 aliphatic rings. The van der Waals surface area contributed by atoms with E-state index in [0.29, 0.717) is 6.54 Å².